The van der Waals surface area contributed by atoms with Crippen LogP contribution in [0, 0.1) is 5.21 Å². The quantitative estimate of drug-likeness (QED) is 0.533. The average molecular weight is 112 g/mol. The molecule has 0 aliphatic heterocycles. The van der Waals surface area contributed by atoms with Crippen LogP contribution in [0.2, 0.25) is 0 Å². The van der Waals surface area contributed by atoms with Gasteiger partial charge in [0.15, 0.2) is 0 Å². The molecule has 0 aliphatic rings. The monoisotopic (exact) mass is 112 g/mol. The molecule has 0 spiro atoms. The predicted molar refractivity (Wildman–Crippen MR) is 30.4 cm³/mol. The highest BCUT2D eigenvalue weighted by Gasteiger charge is 1.85. The molecule has 0 atom stereocenters. The van der Waals surface area contributed by atoms with Crippen LogP contribution in [-0.4, -0.2) is 17.2 Å². The Bertz CT molecular complexity index is 146. The molecule has 8 heavy (non-hydrogen) atoms. The van der Waals surface area contributed by atoms with E-state index >= 15 is 0 Å². The van der Waals surface area contributed by atoms with Crippen molar-refractivity contribution >= 4 is 5.82 Å². The number of H-pyrrole nitrogens is 1. The van der Waals surface area contributed by atoms with Crippen LogP contribution < -0.4 is 5.06 Å². The van der Waals surface area contributed by atoms with E-state index in [1.54, 1.807) is 6.07 Å². The van der Waals surface area contributed by atoms with E-state index in [2.05, 4.69) is 10.2 Å². The molecule has 44 valence electrons. The summed E-state index contributed by atoms with van der Waals surface area (Å²) in [5, 5.41) is 17.1. The molecule has 0 radical (unpaired) electrons. The molecule has 0 unspecified atom stereocenters. The van der Waals surface area contributed by atoms with Crippen LogP contribution >= 0.6 is 0 Å². The first kappa shape index (κ1) is 5.11. The van der Waals surface area contributed by atoms with Crippen molar-refractivity contribution in [2.45, 2.75) is 0 Å². The van der Waals surface area contributed by atoms with Gasteiger partial charge in [-0.25, -0.2) is 0 Å². The average Bonchev–Trinajstić information content (AvgIpc) is 2.12. The molecule has 0 saturated carbocycles. The molecule has 1 aromatic heterocycles. The molecule has 1 N–H and O–H groups in total. The number of nitrogens with one attached hydrogen (secondary N) is 1. The number of aromatic amines is 1. The molecule has 0 bridgehead atoms. The van der Waals surface area contributed by atoms with Crippen molar-refractivity contribution in [2.75, 3.05) is 12.1 Å². The summed E-state index contributed by atoms with van der Waals surface area (Å²) in [6.45, 7) is 0. The molecular weight excluding hydrogens is 106 g/mol. The van der Waals surface area contributed by atoms with Gasteiger partial charge in [-0.05, 0) is 13.1 Å². The van der Waals surface area contributed by atoms with Gasteiger partial charge in [-0.1, -0.05) is 0 Å². The fourth-order valence-corrected chi connectivity index (χ4v) is 0.424. The smallest absolute Gasteiger partial charge is 0.113 e. The van der Waals surface area contributed by atoms with Gasteiger partial charge in [0.25, 0.3) is 0 Å². The number of rotatable bonds is 1. The van der Waals surface area contributed by atoms with E-state index in [1.165, 1.54) is 13.2 Å². The van der Waals surface area contributed by atoms with Crippen LogP contribution in [0.3, 0.4) is 0 Å². The minimum absolute atomic E-state index is 0.477. The Hall–Kier alpha value is -1.03. The number of aromatic nitrogens is 2. The van der Waals surface area contributed by atoms with Crippen molar-refractivity contribution in [3.8, 4) is 0 Å². The largest absolute Gasteiger partial charge is 0.757 e. The molecule has 0 fully saturated rings. The zero-order valence-electron chi connectivity index (χ0n) is 4.46. The zero-order valence-corrected chi connectivity index (χ0v) is 4.46. The van der Waals surface area contributed by atoms with Gasteiger partial charge in [0.2, 0.25) is 0 Å². The van der Waals surface area contributed by atoms with Crippen molar-refractivity contribution in [1.29, 1.82) is 0 Å². The molecule has 0 amide bonds. The van der Waals surface area contributed by atoms with Gasteiger partial charge < -0.3 is 10.3 Å². The number of hydrogen-bond acceptors (Lipinski definition) is 3. The third-order valence-electron chi connectivity index (χ3n) is 0.825. The Morgan fingerprint density at radius 1 is 1.88 bits per heavy atom. The fourth-order valence-electron chi connectivity index (χ4n) is 0.424. The second kappa shape index (κ2) is 1.83. The maximum atomic E-state index is 10.4. The van der Waals surface area contributed by atoms with Crippen LogP contribution in [0.15, 0.2) is 12.3 Å². The van der Waals surface area contributed by atoms with Crippen LogP contribution in [0.1, 0.15) is 0 Å². The summed E-state index contributed by atoms with van der Waals surface area (Å²) in [7, 11) is 1.41. The Labute approximate surface area is 46.7 Å². The normalized spacial score (nSPS) is 9.25. The maximum Gasteiger partial charge on any atom is 0.113 e. The van der Waals surface area contributed by atoms with Gasteiger partial charge in [-0.15, -0.1) is 0 Å². The number of nitrogens with zero attached hydrogens (tertiary/aromatic N) is 2. The topological polar surface area (TPSA) is 55.0 Å². The van der Waals surface area contributed by atoms with Gasteiger partial charge in [0, 0.05) is 0 Å². The van der Waals surface area contributed by atoms with Crippen molar-refractivity contribution in [3.63, 3.8) is 0 Å². The number of anilines is 1. The lowest BCUT2D eigenvalue weighted by Crippen LogP contribution is -2.05. The van der Waals surface area contributed by atoms with Crippen LogP contribution in [0.4, 0.5) is 5.82 Å². The van der Waals surface area contributed by atoms with Crippen molar-refractivity contribution < 1.29 is 0 Å². The van der Waals surface area contributed by atoms with Crippen molar-refractivity contribution in [1.82, 2.24) is 10.2 Å². The summed E-state index contributed by atoms with van der Waals surface area (Å²) in [4.78, 5) is 0. The van der Waals surface area contributed by atoms with Crippen molar-refractivity contribution in [2.24, 2.45) is 0 Å². The molecule has 1 aromatic rings. The first-order valence-corrected chi connectivity index (χ1v) is 2.21. The van der Waals surface area contributed by atoms with Crippen LogP contribution in [-0.2, 0) is 0 Å². The standard InChI is InChI=1S/C4H6N3O/c1-7(8)4-2-3-5-6-4/h2-3H,1H3,(H,5,6)/q-1. The van der Waals surface area contributed by atoms with E-state index in [0.29, 0.717) is 10.9 Å². The number of hydrogen-bond donors (Lipinski definition) is 1. The summed E-state index contributed by atoms with van der Waals surface area (Å²) in [5.41, 5.74) is 0. The Morgan fingerprint density at radius 3 is 2.88 bits per heavy atom. The van der Waals surface area contributed by atoms with Gasteiger partial charge in [0.05, 0.1) is 6.20 Å². The summed E-state index contributed by atoms with van der Waals surface area (Å²) >= 11 is 0. The van der Waals surface area contributed by atoms with Crippen molar-refractivity contribution in [3.05, 3.63) is 17.5 Å². The minimum atomic E-state index is 0.477. The molecule has 1 rings (SSSR count). The molecule has 0 aromatic carbocycles. The SMILES string of the molecule is CN([O-])c1ccn[nH]1. The lowest BCUT2D eigenvalue weighted by molar-refractivity contribution is 1.04. The molecule has 1 heterocycles. The summed E-state index contributed by atoms with van der Waals surface area (Å²) in [6.07, 6.45) is 1.53. The Balaban J connectivity index is 2.77. The second-order valence-corrected chi connectivity index (χ2v) is 1.44. The lowest BCUT2D eigenvalue weighted by Gasteiger charge is -2.21. The second-order valence-electron chi connectivity index (χ2n) is 1.44. The summed E-state index contributed by atoms with van der Waals surface area (Å²) in [6, 6.07) is 1.60. The van der Waals surface area contributed by atoms with E-state index in [4.69, 9.17) is 0 Å². The highest BCUT2D eigenvalue weighted by molar-refractivity contribution is 5.35. The van der Waals surface area contributed by atoms with Gasteiger partial charge >= 0.3 is 0 Å². The zero-order chi connectivity index (χ0) is 5.98. The van der Waals surface area contributed by atoms with Gasteiger partial charge in [-0.2, -0.15) is 5.10 Å². The van der Waals surface area contributed by atoms with E-state index < -0.39 is 0 Å². The van der Waals surface area contributed by atoms with E-state index in [1.807, 2.05) is 0 Å². The van der Waals surface area contributed by atoms with E-state index in [0.717, 1.165) is 0 Å². The molecule has 0 aliphatic carbocycles. The van der Waals surface area contributed by atoms with E-state index in [-0.39, 0.29) is 0 Å². The van der Waals surface area contributed by atoms with Gasteiger partial charge in [-0.3, -0.25) is 5.10 Å². The van der Waals surface area contributed by atoms with E-state index in [9.17, 15) is 5.21 Å². The van der Waals surface area contributed by atoms with Crippen LogP contribution in [0.25, 0.3) is 0 Å². The first-order valence-electron chi connectivity index (χ1n) is 2.21. The highest BCUT2D eigenvalue weighted by Crippen LogP contribution is 2.01. The van der Waals surface area contributed by atoms with Gasteiger partial charge in [0.1, 0.15) is 5.82 Å². The highest BCUT2D eigenvalue weighted by atomic mass is 16.5. The molecular formula is C4H6N3O-. The lowest BCUT2D eigenvalue weighted by atomic mass is 10.6. The Kier molecular flexibility index (Phi) is 1.17. The third kappa shape index (κ3) is 0.788. The molecule has 4 nitrogen and oxygen atoms in total. The number of hydroxylamine groups is 1. The molecule has 0 saturated heterocycles. The predicted octanol–water partition coefficient (Wildman–Crippen LogP) is 0.344. The minimum Gasteiger partial charge on any atom is -0.757 e. The Morgan fingerprint density at radius 2 is 2.62 bits per heavy atom. The fraction of sp³-hybridized carbons (Fsp3) is 0.250. The summed E-state index contributed by atoms with van der Waals surface area (Å²) in [5.74, 6) is 0.477. The third-order valence-corrected chi connectivity index (χ3v) is 0.825. The van der Waals surface area contributed by atoms with Crippen LogP contribution in [0.5, 0.6) is 0 Å². The first-order chi connectivity index (χ1) is 3.80. The molecule has 4 heteroatoms. The maximum absolute atomic E-state index is 10.4. The summed E-state index contributed by atoms with van der Waals surface area (Å²) < 4.78 is 0.